The highest BCUT2D eigenvalue weighted by molar-refractivity contribution is 4.86. The largest absolute Gasteiger partial charge is 0.298 e. The summed E-state index contributed by atoms with van der Waals surface area (Å²) in [5, 5.41) is 0.916. The van der Waals surface area contributed by atoms with E-state index in [9.17, 15) is 4.48 Å². The Hall–Kier alpha value is -0.150. The molecule has 1 aliphatic heterocycles. The van der Waals surface area contributed by atoms with Crippen molar-refractivity contribution in [1.29, 1.82) is 0 Å². The van der Waals surface area contributed by atoms with Gasteiger partial charge in [-0.05, 0) is 12.8 Å². The van der Waals surface area contributed by atoms with Gasteiger partial charge in [0.05, 0.1) is 0 Å². The molecule has 1 saturated carbocycles. The van der Waals surface area contributed by atoms with Crippen LogP contribution in [0.4, 0.5) is 4.48 Å². The fourth-order valence-corrected chi connectivity index (χ4v) is 1.50. The smallest absolute Gasteiger partial charge is 0.0418 e. The van der Waals surface area contributed by atoms with E-state index in [-0.39, 0.29) is 0 Å². The number of halogens is 1. The van der Waals surface area contributed by atoms with Gasteiger partial charge >= 0.3 is 0 Å². The van der Waals surface area contributed by atoms with Crippen molar-refractivity contribution in [3.63, 3.8) is 0 Å². The van der Waals surface area contributed by atoms with Crippen molar-refractivity contribution >= 4 is 0 Å². The van der Waals surface area contributed by atoms with E-state index in [4.69, 9.17) is 0 Å². The topological polar surface area (TPSA) is 6.48 Å². The monoisotopic (exact) mass is 144 g/mol. The highest BCUT2D eigenvalue weighted by atomic mass is 19.2. The summed E-state index contributed by atoms with van der Waals surface area (Å²) in [6.07, 6.45) is 2.68. The fourth-order valence-electron chi connectivity index (χ4n) is 1.50. The Balaban J connectivity index is 1.79. The zero-order chi connectivity index (χ0) is 6.97. The highest BCUT2D eigenvalue weighted by Crippen LogP contribution is 2.27. The maximum atomic E-state index is 12.4. The van der Waals surface area contributed by atoms with Crippen LogP contribution in [0.3, 0.4) is 0 Å². The molecule has 1 saturated heterocycles. The van der Waals surface area contributed by atoms with Gasteiger partial charge in [0.2, 0.25) is 0 Å². The molecule has 0 amide bonds. The number of hydrogen-bond donors (Lipinski definition) is 0. The van der Waals surface area contributed by atoms with Gasteiger partial charge in [0.25, 0.3) is 0 Å². The van der Waals surface area contributed by atoms with Crippen LogP contribution in [0.25, 0.3) is 0 Å². The van der Waals surface area contributed by atoms with E-state index in [2.05, 4.69) is 4.90 Å². The molecule has 0 aromatic heterocycles. The molecule has 0 N–H and O–H groups in total. The van der Waals surface area contributed by atoms with E-state index in [1.165, 1.54) is 12.8 Å². The molecule has 2 fully saturated rings. The van der Waals surface area contributed by atoms with Crippen LogP contribution in [0.2, 0.25) is 0 Å². The maximum Gasteiger partial charge on any atom is 0.0418 e. The Morgan fingerprint density at radius 2 is 1.60 bits per heavy atom. The van der Waals surface area contributed by atoms with Crippen LogP contribution in [0.15, 0.2) is 0 Å². The van der Waals surface area contributed by atoms with Crippen LogP contribution < -0.4 is 0 Å². The standard InChI is InChI=1S/C7H13FN2/c8-10-5-3-9(4-6-10)7-1-2-7/h7H,1-6H2. The molecule has 1 aliphatic carbocycles. The predicted molar refractivity (Wildman–Crippen MR) is 37.3 cm³/mol. The van der Waals surface area contributed by atoms with E-state index in [0.717, 1.165) is 24.3 Å². The third kappa shape index (κ3) is 1.30. The number of nitrogens with zero attached hydrogens (tertiary/aromatic N) is 2. The van der Waals surface area contributed by atoms with Crippen LogP contribution in [0.5, 0.6) is 0 Å². The SMILES string of the molecule is FN1CCN(C2CC2)CC1. The zero-order valence-corrected chi connectivity index (χ0v) is 6.09. The highest BCUT2D eigenvalue weighted by Gasteiger charge is 2.30. The summed E-state index contributed by atoms with van der Waals surface area (Å²) in [5.41, 5.74) is 0. The minimum atomic E-state index is 0.608. The first-order valence-electron chi connectivity index (χ1n) is 4.01. The Bertz CT molecular complexity index is 117. The molecular weight excluding hydrogens is 131 g/mol. The van der Waals surface area contributed by atoms with Gasteiger partial charge in [-0.1, -0.05) is 0 Å². The predicted octanol–water partition coefficient (Wildman–Crippen LogP) is 0.651. The van der Waals surface area contributed by atoms with Gasteiger partial charge in [-0.2, -0.15) is 0 Å². The molecule has 2 aliphatic rings. The normalized spacial score (nSPS) is 30.9. The summed E-state index contributed by atoms with van der Waals surface area (Å²) in [5.74, 6) is 0. The third-order valence-corrected chi connectivity index (χ3v) is 2.32. The van der Waals surface area contributed by atoms with Gasteiger partial charge in [0.15, 0.2) is 0 Å². The number of piperazine rings is 1. The number of hydrogen-bond acceptors (Lipinski definition) is 2. The summed E-state index contributed by atoms with van der Waals surface area (Å²) in [6.45, 7) is 3.08. The molecule has 3 heteroatoms. The van der Waals surface area contributed by atoms with E-state index in [1.807, 2.05) is 0 Å². The Labute approximate surface area is 60.5 Å². The zero-order valence-electron chi connectivity index (χ0n) is 6.09. The Kier molecular flexibility index (Phi) is 1.62. The molecule has 1 heterocycles. The lowest BCUT2D eigenvalue weighted by atomic mass is 10.3. The van der Waals surface area contributed by atoms with Crippen LogP contribution in [-0.4, -0.2) is 42.2 Å². The molecule has 2 nitrogen and oxygen atoms in total. The van der Waals surface area contributed by atoms with Gasteiger partial charge in [-0.3, -0.25) is 4.90 Å². The van der Waals surface area contributed by atoms with E-state index in [0.29, 0.717) is 13.1 Å². The molecule has 0 radical (unpaired) electrons. The third-order valence-electron chi connectivity index (χ3n) is 2.32. The van der Waals surface area contributed by atoms with Crippen LogP contribution >= 0.6 is 0 Å². The molecule has 2 rings (SSSR count). The summed E-state index contributed by atoms with van der Waals surface area (Å²) in [7, 11) is 0. The summed E-state index contributed by atoms with van der Waals surface area (Å²) >= 11 is 0. The molecule has 0 spiro atoms. The van der Waals surface area contributed by atoms with Crippen molar-refractivity contribution in [1.82, 2.24) is 10.0 Å². The second-order valence-corrected chi connectivity index (χ2v) is 3.18. The second kappa shape index (κ2) is 2.47. The lowest BCUT2D eigenvalue weighted by Crippen LogP contribution is -2.43. The second-order valence-electron chi connectivity index (χ2n) is 3.18. The minimum absolute atomic E-state index is 0.608. The lowest BCUT2D eigenvalue weighted by Gasteiger charge is -2.29. The fraction of sp³-hybridized carbons (Fsp3) is 1.00. The van der Waals surface area contributed by atoms with Crippen LogP contribution in [0.1, 0.15) is 12.8 Å². The van der Waals surface area contributed by atoms with Crippen molar-refractivity contribution in [3.05, 3.63) is 0 Å². The minimum Gasteiger partial charge on any atom is -0.298 e. The summed E-state index contributed by atoms with van der Waals surface area (Å²) in [4.78, 5) is 2.40. The maximum absolute atomic E-state index is 12.4. The molecule has 58 valence electrons. The quantitative estimate of drug-likeness (QED) is 0.499. The Morgan fingerprint density at radius 1 is 1.00 bits per heavy atom. The van der Waals surface area contributed by atoms with E-state index in [1.54, 1.807) is 0 Å². The van der Waals surface area contributed by atoms with Crippen LogP contribution in [0, 0.1) is 0 Å². The van der Waals surface area contributed by atoms with Crippen molar-refractivity contribution in [2.75, 3.05) is 26.2 Å². The average Bonchev–Trinajstić information content (AvgIpc) is 2.71. The molecule has 0 atom stereocenters. The first kappa shape index (κ1) is 6.55. The molecule has 0 aromatic rings. The Morgan fingerprint density at radius 3 is 2.10 bits per heavy atom. The summed E-state index contributed by atoms with van der Waals surface area (Å²) in [6, 6.07) is 0.814. The number of rotatable bonds is 1. The average molecular weight is 144 g/mol. The molecule has 0 aromatic carbocycles. The van der Waals surface area contributed by atoms with Crippen LogP contribution in [-0.2, 0) is 0 Å². The van der Waals surface area contributed by atoms with Crippen molar-refractivity contribution in [3.8, 4) is 0 Å². The van der Waals surface area contributed by atoms with Crippen molar-refractivity contribution in [2.45, 2.75) is 18.9 Å². The van der Waals surface area contributed by atoms with Gasteiger partial charge in [-0.25, -0.2) is 0 Å². The molecular formula is C7H13FN2. The van der Waals surface area contributed by atoms with Crippen molar-refractivity contribution in [2.24, 2.45) is 0 Å². The first-order chi connectivity index (χ1) is 4.86. The molecule has 0 unspecified atom stereocenters. The van der Waals surface area contributed by atoms with E-state index >= 15 is 0 Å². The van der Waals surface area contributed by atoms with Crippen molar-refractivity contribution < 1.29 is 4.48 Å². The van der Waals surface area contributed by atoms with Gasteiger partial charge in [-0.15, -0.1) is 9.60 Å². The molecule has 10 heavy (non-hydrogen) atoms. The summed E-state index contributed by atoms with van der Waals surface area (Å²) < 4.78 is 12.4. The van der Waals surface area contributed by atoms with E-state index < -0.39 is 0 Å². The van der Waals surface area contributed by atoms with Gasteiger partial charge in [0.1, 0.15) is 0 Å². The van der Waals surface area contributed by atoms with Gasteiger partial charge < -0.3 is 0 Å². The van der Waals surface area contributed by atoms with Gasteiger partial charge in [0, 0.05) is 32.2 Å². The molecule has 0 bridgehead atoms. The lowest BCUT2D eigenvalue weighted by molar-refractivity contribution is -0.0235. The first-order valence-corrected chi connectivity index (χ1v) is 4.01.